The van der Waals surface area contributed by atoms with Crippen molar-refractivity contribution in [2.24, 2.45) is 0 Å². The smallest absolute Gasteiger partial charge is 0.262 e. The van der Waals surface area contributed by atoms with Gasteiger partial charge in [-0.15, -0.1) is 0 Å². The Hall–Kier alpha value is -1.71. The molecule has 1 amide bonds. The van der Waals surface area contributed by atoms with Crippen molar-refractivity contribution in [1.82, 2.24) is 0 Å². The van der Waals surface area contributed by atoms with Crippen LogP contribution in [-0.2, 0) is 10.2 Å². The third-order valence-corrected chi connectivity index (χ3v) is 3.82. The van der Waals surface area contributed by atoms with Crippen LogP contribution in [0.4, 0.5) is 5.69 Å². The van der Waals surface area contributed by atoms with Crippen molar-refractivity contribution in [3.05, 3.63) is 58.1 Å². The maximum Gasteiger partial charge on any atom is 0.262 e. The lowest BCUT2D eigenvalue weighted by Gasteiger charge is -2.22. The van der Waals surface area contributed by atoms with Gasteiger partial charge in [0.2, 0.25) is 0 Å². The molecule has 0 unspecified atom stereocenters. The molecule has 23 heavy (non-hydrogen) atoms. The van der Waals surface area contributed by atoms with E-state index < -0.39 is 0 Å². The van der Waals surface area contributed by atoms with Crippen molar-refractivity contribution in [2.45, 2.75) is 26.2 Å². The van der Waals surface area contributed by atoms with Crippen LogP contribution in [0.25, 0.3) is 0 Å². The van der Waals surface area contributed by atoms with Gasteiger partial charge in [-0.05, 0) is 35.2 Å². The number of carbonyl (C=O) groups excluding carboxylic acids is 1. The van der Waals surface area contributed by atoms with Crippen LogP contribution in [-0.4, -0.2) is 12.5 Å². The van der Waals surface area contributed by atoms with Gasteiger partial charge in [0.05, 0.1) is 10.7 Å². The summed E-state index contributed by atoms with van der Waals surface area (Å²) in [6.45, 7) is 6.19. The largest absolute Gasteiger partial charge is 0.483 e. The Morgan fingerprint density at radius 1 is 1.13 bits per heavy atom. The highest BCUT2D eigenvalue weighted by atomic mass is 35.5. The van der Waals surface area contributed by atoms with E-state index in [2.05, 4.69) is 26.1 Å². The molecule has 3 nitrogen and oxygen atoms in total. The molecule has 1 N–H and O–H groups in total. The standard InChI is InChI=1S/C18H19Cl2NO2/c1-18(2,3)13-6-4-5-7-16(13)23-11-17(22)21-15-10-12(19)8-9-14(15)20/h4-10H,11H2,1-3H3,(H,21,22). The van der Waals surface area contributed by atoms with E-state index >= 15 is 0 Å². The summed E-state index contributed by atoms with van der Waals surface area (Å²) in [6, 6.07) is 12.6. The first-order chi connectivity index (χ1) is 10.8. The second-order valence-electron chi connectivity index (χ2n) is 6.21. The Morgan fingerprint density at radius 3 is 2.52 bits per heavy atom. The molecule has 2 aromatic rings. The average Bonchev–Trinajstić information content (AvgIpc) is 2.48. The topological polar surface area (TPSA) is 38.3 Å². The van der Waals surface area contributed by atoms with Crippen molar-refractivity contribution in [2.75, 3.05) is 11.9 Å². The van der Waals surface area contributed by atoms with Crippen molar-refractivity contribution >= 4 is 34.8 Å². The summed E-state index contributed by atoms with van der Waals surface area (Å²) < 4.78 is 5.68. The first-order valence-electron chi connectivity index (χ1n) is 7.24. The van der Waals surface area contributed by atoms with Crippen LogP contribution in [0.3, 0.4) is 0 Å². The van der Waals surface area contributed by atoms with Crippen LogP contribution >= 0.6 is 23.2 Å². The molecule has 0 saturated carbocycles. The lowest BCUT2D eigenvalue weighted by molar-refractivity contribution is -0.118. The second-order valence-corrected chi connectivity index (χ2v) is 7.05. The lowest BCUT2D eigenvalue weighted by atomic mass is 9.86. The molecule has 0 heterocycles. The fourth-order valence-electron chi connectivity index (χ4n) is 2.13. The molecule has 0 aromatic heterocycles. The fraction of sp³-hybridized carbons (Fsp3) is 0.278. The lowest BCUT2D eigenvalue weighted by Crippen LogP contribution is -2.22. The molecular weight excluding hydrogens is 333 g/mol. The van der Waals surface area contributed by atoms with E-state index in [1.807, 2.05) is 24.3 Å². The molecular formula is C18H19Cl2NO2. The molecule has 5 heteroatoms. The summed E-state index contributed by atoms with van der Waals surface area (Å²) >= 11 is 11.9. The van der Waals surface area contributed by atoms with Crippen molar-refractivity contribution < 1.29 is 9.53 Å². The van der Waals surface area contributed by atoms with E-state index in [1.165, 1.54) is 0 Å². The maximum atomic E-state index is 12.1. The highest BCUT2D eigenvalue weighted by Gasteiger charge is 2.19. The summed E-state index contributed by atoms with van der Waals surface area (Å²) in [7, 11) is 0. The van der Waals surface area contributed by atoms with Gasteiger partial charge < -0.3 is 10.1 Å². The van der Waals surface area contributed by atoms with Gasteiger partial charge in [-0.2, -0.15) is 0 Å². The van der Waals surface area contributed by atoms with Crippen LogP contribution in [0.1, 0.15) is 26.3 Å². The number of nitrogens with one attached hydrogen (secondary N) is 1. The first-order valence-corrected chi connectivity index (χ1v) is 8.00. The maximum absolute atomic E-state index is 12.1. The zero-order chi connectivity index (χ0) is 17.0. The van der Waals surface area contributed by atoms with Crippen LogP contribution in [0, 0.1) is 0 Å². The van der Waals surface area contributed by atoms with E-state index in [0.717, 1.165) is 5.56 Å². The van der Waals surface area contributed by atoms with Gasteiger partial charge in [-0.25, -0.2) is 0 Å². The molecule has 2 rings (SSSR count). The summed E-state index contributed by atoms with van der Waals surface area (Å²) in [6.07, 6.45) is 0. The Bertz CT molecular complexity index is 708. The summed E-state index contributed by atoms with van der Waals surface area (Å²) in [5.74, 6) is 0.408. The molecule has 122 valence electrons. The van der Waals surface area contributed by atoms with Crippen LogP contribution in [0.2, 0.25) is 10.0 Å². The van der Waals surface area contributed by atoms with E-state index in [4.69, 9.17) is 27.9 Å². The fourth-order valence-corrected chi connectivity index (χ4v) is 2.47. The van der Waals surface area contributed by atoms with Gasteiger partial charge >= 0.3 is 0 Å². The number of hydrogen-bond acceptors (Lipinski definition) is 2. The predicted octanol–water partition coefficient (Wildman–Crippen LogP) is 5.31. The van der Waals surface area contributed by atoms with Crippen LogP contribution in [0.5, 0.6) is 5.75 Å². The van der Waals surface area contributed by atoms with Crippen LogP contribution in [0.15, 0.2) is 42.5 Å². The highest BCUT2D eigenvalue weighted by Crippen LogP contribution is 2.31. The van der Waals surface area contributed by atoms with Gasteiger partial charge in [0.1, 0.15) is 5.75 Å². The number of hydrogen-bond donors (Lipinski definition) is 1. The Balaban J connectivity index is 2.04. The number of carbonyl (C=O) groups is 1. The normalized spacial score (nSPS) is 11.2. The van der Waals surface area contributed by atoms with Gasteiger partial charge in [-0.1, -0.05) is 62.2 Å². The minimum atomic E-state index is -0.294. The molecule has 0 aliphatic carbocycles. The van der Waals surface area contributed by atoms with Gasteiger partial charge in [0, 0.05) is 5.02 Å². The molecule has 0 saturated heterocycles. The molecule has 0 fully saturated rings. The van der Waals surface area contributed by atoms with Gasteiger partial charge in [-0.3, -0.25) is 4.79 Å². The number of halogens is 2. The SMILES string of the molecule is CC(C)(C)c1ccccc1OCC(=O)Nc1cc(Cl)ccc1Cl. The Kier molecular flexibility index (Phi) is 5.55. The summed E-state index contributed by atoms with van der Waals surface area (Å²) in [5, 5.41) is 3.63. The molecule has 0 aliphatic rings. The van der Waals surface area contributed by atoms with E-state index in [0.29, 0.717) is 21.5 Å². The molecule has 0 radical (unpaired) electrons. The summed E-state index contributed by atoms with van der Waals surface area (Å²) in [4.78, 5) is 12.1. The minimum absolute atomic E-state index is 0.0661. The third kappa shape index (κ3) is 4.88. The number of rotatable bonds is 4. The average molecular weight is 352 g/mol. The van der Waals surface area contributed by atoms with Gasteiger partial charge in [0.15, 0.2) is 6.61 Å². The summed E-state index contributed by atoms with van der Waals surface area (Å²) in [5.41, 5.74) is 1.45. The van der Waals surface area contributed by atoms with Gasteiger partial charge in [0.25, 0.3) is 5.91 Å². The second kappa shape index (κ2) is 7.24. The zero-order valence-electron chi connectivity index (χ0n) is 13.3. The van der Waals surface area contributed by atoms with E-state index in [-0.39, 0.29) is 17.9 Å². The van der Waals surface area contributed by atoms with E-state index in [9.17, 15) is 4.79 Å². The Morgan fingerprint density at radius 2 is 1.83 bits per heavy atom. The van der Waals surface area contributed by atoms with E-state index in [1.54, 1.807) is 18.2 Å². The monoisotopic (exact) mass is 351 g/mol. The minimum Gasteiger partial charge on any atom is -0.483 e. The van der Waals surface area contributed by atoms with Crippen LogP contribution < -0.4 is 10.1 Å². The number of ether oxygens (including phenoxy) is 1. The third-order valence-electron chi connectivity index (χ3n) is 3.26. The zero-order valence-corrected chi connectivity index (χ0v) is 14.8. The molecule has 2 aromatic carbocycles. The first kappa shape index (κ1) is 17.6. The van der Waals surface area contributed by atoms with Crippen molar-refractivity contribution in [1.29, 1.82) is 0 Å². The number of benzene rings is 2. The van der Waals surface area contributed by atoms with Crippen molar-refractivity contribution in [3.63, 3.8) is 0 Å². The number of amides is 1. The number of anilines is 1. The quantitative estimate of drug-likeness (QED) is 0.810. The van der Waals surface area contributed by atoms with Crippen molar-refractivity contribution in [3.8, 4) is 5.75 Å². The Labute approximate surface area is 146 Å². The predicted molar refractivity (Wildman–Crippen MR) is 95.7 cm³/mol. The molecule has 0 bridgehead atoms. The molecule has 0 atom stereocenters. The molecule has 0 spiro atoms. The highest BCUT2D eigenvalue weighted by molar-refractivity contribution is 6.35. The molecule has 0 aliphatic heterocycles. The number of para-hydroxylation sites is 1.